The van der Waals surface area contributed by atoms with Gasteiger partial charge >= 0.3 is 0 Å². The summed E-state index contributed by atoms with van der Waals surface area (Å²) in [5.41, 5.74) is 2.00. The van der Waals surface area contributed by atoms with E-state index >= 15 is 0 Å². The number of hydrogen-bond acceptors (Lipinski definition) is 3. The Labute approximate surface area is 174 Å². The van der Waals surface area contributed by atoms with Crippen molar-refractivity contribution in [2.45, 2.75) is 38.5 Å². The van der Waals surface area contributed by atoms with Crippen LogP contribution in [-0.2, 0) is 9.67 Å². The van der Waals surface area contributed by atoms with E-state index in [2.05, 4.69) is 11.7 Å². The number of carbonyl (C=O) groups is 1. The van der Waals surface area contributed by atoms with Gasteiger partial charge in [-0.25, -0.2) is 13.8 Å². The SMILES string of the molecule is C=CCC(CC)C1(c2ccccc2C)SC(c2cc(F)ccc2F)=NN1C(C)=O. The van der Waals surface area contributed by atoms with Crippen molar-refractivity contribution in [3.63, 3.8) is 0 Å². The topological polar surface area (TPSA) is 32.7 Å². The largest absolute Gasteiger partial charge is 0.273 e. The molecule has 1 amide bonds. The van der Waals surface area contributed by atoms with Crippen LogP contribution in [0.1, 0.15) is 43.4 Å². The number of rotatable bonds is 6. The van der Waals surface area contributed by atoms with Gasteiger partial charge in [-0.05, 0) is 49.1 Å². The maximum Gasteiger partial charge on any atom is 0.241 e. The van der Waals surface area contributed by atoms with E-state index < -0.39 is 16.5 Å². The minimum absolute atomic E-state index is 0.0205. The number of halogens is 2. The summed E-state index contributed by atoms with van der Waals surface area (Å²) in [4.78, 5) is 11.8. The number of nitrogens with zero attached hydrogens (tertiary/aromatic N) is 2. The Morgan fingerprint density at radius 1 is 1.31 bits per heavy atom. The Morgan fingerprint density at radius 2 is 2.03 bits per heavy atom. The van der Waals surface area contributed by atoms with Crippen LogP contribution in [-0.4, -0.2) is 16.0 Å². The quantitative estimate of drug-likeness (QED) is 0.544. The molecule has 0 saturated heterocycles. The first kappa shape index (κ1) is 21.2. The van der Waals surface area contributed by atoms with Crippen molar-refractivity contribution < 1.29 is 13.6 Å². The third kappa shape index (κ3) is 3.73. The summed E-state index contributed by atoms with van der Waals surface area (Å²) in [6.07, 6.45) is 3.23. The van der Waals surface area contributed by atoms with Crippen molar-refractivity contribution in [1.82, 2.24) is 5.01 Å². The molecule has 3 nitrogen and oxygen atoms in total. The number of thioether (sulfide) groups is 1. The summed E-state index contributed by atoms with van der Waals surface area (Å²) in [7, 11) is 0. The number of amides is 1. The molecule has 1 aliphatic heterocycles. The lowest BCUT2D eigenvalue weighted by Gasteiger charge is -2.42. The van der Waals surface area contributed by atoms with Gasteiger partial charge in [0.15, 0.2) is 0 Å². The smallest absolute Gasteiger partial charge is 0.241 e. The Hall–Kier alpha value is -2.47. The van der Waals surface area contributed by atoms with Gasteiger partial charge in [0, 0.05) is 18.4 Å². The fourth-order valence-electron chi connectivity index (χ4n) is 3.88. The van der Waals surface area contributed by atoms with Crippen molar-refractivity contribution >= 4 is 22.7 Å². The number of hydrogen-bond donors (Lipinski definition) is 0. The molecule has 0 fully saturated rings. The molecule has 0 N–H and O–H groups in total. The highest BCUT2D eigenvalue weighted by molar-refractivity contribution is 8.15. The van der Waals surface area contributed by atoms with E-state index in [9.17, 15) is 13.6 Å². The molecular formula is C23H24F2N2OS. The first-order valence-electron chi connectivity index (χ1n) is 9.56. The highest BCUT2D eigenvalue weighted by Gasteiger charge is 2.52. The van der Waals surface area contributed by atoms with Crippen LogP contribution in [0, 0.1) is 24.5 Å². The summed E-state index contributed by atoms with van der Waals surface area (Å²) in [5, 5.41) is 6.24. The Bertz CT molecular complexity index is 975. The molecule has 0 saturated carbocycles. The van der Waals surface area contributed by atoms with Crippen LogP contribution < -0.4 is 0 Å². The Balaban J connectivity index is 2.25. The molecular weight excluding hydrogens is 390 g/mol. The second kappa shape index (κ2) is 8.49. The minimum atomic E-state index is -0.867. The standard InChI is InChI=1S/C23H24F2N2OS/c1-5-9-17(6-2)23(20-11-8-7-10-15(20)3)27(16(4)28)26-22(29-23)19-14-18(24)12-13-21(19)25/h5,7-8,10-14,17H,1,6,9H2,2-4H3. The summed E-state index contributed by atoms with van der Waals surface area (Å²) in [6, 6.07) is 11.1. The van der Waals surface area contributed by atoms with Crippen molar-refractivity contribution in [2.24, 2.45) is 11.0 Å². The monoisotopic (exact) mass is 414 g/mol. The summed E-state index contributed by atoms with van der Waals surface area (Å²) >= 11 is 1.31. The lowest BCUT2D eigenvalue weighted by atomic mass is 9.85. The summed E-state index contributed by atoms with van der Waals surface area (Å²) in [5.74, 6) is -1.40. The minimum Gasteiger partial charge on any atom is -0.273 e. The van der Waals surface area contributed by atoms with E-state index in [-0.39, 0.29) is 17.4 Å². The van der Waals surface area contributed by atoms with Crippen LogP contribution in [0.4, 0.5) is 8.78 Å². The predicted molar refractivity (Wildman–Crippen MR) is 114 cm³/mol. The summed E-state index contributed by atoms with van der Waals surface area (Å²) < 4.78 is 28.4. The fraction of sp³-hybridized carbons (Fsp3) is 0.304. The van der Waals surface area contributed by atoms with Crippen LogP contribution in [0.3, 0.4) is 0 Å². The zero-order valence-electron chi connectivity index (χ0n) is 16.8. The highest BCUT2D eigenvalue weighted by atomic mass is 32.2. The van der Waals surface area contributed by atoms with Crippen LogP contribution >= 0.6 is 11.8 Å². The maximum atomic E-state index is 14.5. The predicted octanol–water partition coefficient (Wildman–Crippen LogP) is 5.99. The van der Waals surface area contributed by atoms with Crippen LogP contribution in [0.5, 0.6) is 0 Å². The lowest BCUT2D eigenvalue weighted by Crippen LogP contribution is -2.46. The molecule has 0 aliphatic carbocycles. The van der Waals surface area contributed by atoms with Crippen molar-refractivity contribution in [3.05, 3.63) is 83.4 Å². The molecule has 3 rings (SSSR count). The second-order valence-electron chi connectivity index (χ2n) is 7.10. The van der Waals surface area contributed by atoms with Gasteiger partial charge in [0.2, 0.25) is 5.91 Å². The average Bonchev–Trinajstić information content (AvgIpc) is 3.09. The zero-order valence-corrected chi connectivity index (χ0v) is 17.6. The van der Waals surface area contributed by atoms with E-state index in [0.29, 0.717) is 11.5 Å². The third-order valence-corrected chi connectivity index (χ3v) is 6.78. The molecule has 2 unspecified atom stereocenters. The van der Waals surface area contributed by atoms with E-state index in [0.717, 1.165) is 35.7 Å². The number of aryl methyl sites for hydroxylation is 1. The molecule has 0 bridgehead atoms. The van der Waals surface area contributed by atoms with Gasteiger partial charge in [-0.15, -0.1) is 6.58 Å². The normalized spacial score (nSPS) is 19.8. The van der Waals surface area contributed by atoms with Gasteiger partial charge in [-0.3, -0.25) is 4.79 Å². The number of allylic oxidation sites excluding steroid dienone is 1. The first-order valence-corrected chi connectivity index (χ1v) is 10.4. The molecule has 2 aromatic rings. The van der Waals surface area contributed by atoms with E-state index in [1.807, 2.05) is 44.2 Å². The van der Waals surface area contributed by atoms with Crippen molar-refractivity contribution in [2.75, 3.05) is 0 Å². The molecule has 29 heavy (non-hydrogen) atoms. The van der Waals surface area contributed by atoms with Crippen LogP contribution in [0.25, 0.3) is 0 Å². The highest BCUT2D eigenvalue weighted by Crippen LogP contribution is 2.55. The number of benzene rings is 2. The van der Waals surface area contributed by atoms with E-state index in [1.54, 1.807) is 0 Å². The van der Waals surface area contributed by atoms with E-state index in [4.69, 9.17) is 0 Å². The fourth-order valence-corrected chi connectivity index (χ4v) is 5.58. The average molecular weight is 415 g/mol. The van der Waals surface area contributed by atoms with E-state index in [1.165, 1.54) is 23.7 Å². The number of carbonyl (C=O) groups excluding carboxylic acids is 1. The molecule has 1 aliphatic rings. The van der Waals surface area contributed by atoms with Gasteiger partial charge in [-0.2, -0.15) is 5.10 Å². The molecule has 2 atom stereocenters. The van der Waals surface area contributed by atoms with Crippen molar-refractivity contribution in [3.8, 4) is 0 Å². The third-order valence-electron chi connectivity index (χ3n) is 5.24. The molecule has 2 aromatic carbocycles. The lowest BCUT2D eigenvalue weighted by molar-refractivity contribution is -0.133. The van der Waals surface area contributed by atoms with Crippen LogP contribution in [0.2, 0.25) is 0 Å². The van der Waals surface area contributed by atoms with Gasteiger partial charge < -0.3 is 0 Å². The Kier molecular flexibility index (Phi) is 6.22. The first-order chi connectivity index (χ1) is 13.8. The Morgan fingerprint density at radius 3 is 2.66 bits per heavy atom. The summed E-state index contributed by atoms with van der Waals surface area (Å²) in [6.45, 7) is 9.36. The second-order valence-corrected chi connectivity index (χ2v) is 8.32. The van der Waals surface area contributed by atoms with Gasteiger partial charge in [0.1, 0.15) is 21.5 Å². The molecule has 0 spiro atoms. The van der Waals surface area contributed by atoms with Gasteiger partial charge in [0.25, 0.3) is 0 Å². The molecule has 0 aromatic heterocycles. The molecule has 1 heterocycles. The van der Waals surface area contributed by atoms with Crippen molar-refractivity contribution in [1.29, 1.82) is 0 Å². The molecule has 0 radical (unpaired) electrons. The van der Waals surface area contributed by atoms with Gasteiger partial charge in [0.05, 0.1) is 0 Å². The van der Waals surface area contributed by atoms with Crippen LogP contribution in [0.15, 0.2) is 60.2 Å². The zero-order chi connectivity index (χ0) is 21.2. The molecule has 152 valence electrons. The number of hydrazone groups is 1. The maximum absolute atomic E-state index is 14.5. The van der Waals surface area contributed by atoms with Gasteiger partial charge in [-0.1, -0.05) is 49.0 Å². The molecule has 6 heteroatoms.